The van der Waals surface area contributed by atoms with E-state index in [0.29, 0.717) is 50.3 Å². The number of aromatic hydroxyl groups is 2. The van der Waals surface area contributed by atoms with E-state index in [-0.39, 0.29) is 28.2 Å². The van der Waals surface area contributed by atoms with E-state index >= 15 is 0 Å². The molecule has 1 fully saturated rings. The van der Waals surface area contributed by atoms with Crippen LogP contribution in [0.2, 0.25) is 18.1 Å². The second kappa shape index (κ2) is 10.7. The van der Waals surface area contributed by atoms with E-state index in [4.69, 9.17) is 10.2 Å². The van der Waals surface area contributed by atoms with Crippen LogP contribution in [0.3, 0.4) is 0 Å². The molecule has 2 aromatic carbocycles. The first-order valence-corrected chi connectivity index (χ1v) is 17.5. The fraction of sp³-hybridized carbons (Fsp3) is 0.516. The zero-order valence-electron chi connectivity index (χ0n) is 25.3. The molecule has 0 unspecified atom stereocenters. The molecule has 1 heterocycles. The van der Waals surface area contributed by atoms with Crippen molar-refractivity contribution in [3.05, 3.63) is 46.7 Å². The third-order valence-corrected chi connectivity index (χ3v) is 14.5. The van der Waals surface area contributed by atoms with Gasteiger partial charge in [0, 0.05) is 45.2 Å². The number of primary amides is 1. The number of Topliss-reactive ketones (excluding diaryl/α,β-unsaturated/α-hetero) is 2. The second-order valence-corrected chi connectivity index (χ2v) is 18.2. The van der Waals surface area contributed by atoms with E-state index in [2.05, 4.69) is 38.8 Å². The molecule has 232 valence electrons. The van der Waals surface area contributed by atoms with Gasteiger partial charge in [0.1, 0.15) is 22.8 Å². The third kappa shape index (κ3) is 4.94. The number of nitrogens with two attached hydrogens (primary N) is 1. The average Bonchev–Trinajstić information content (AvgIpc) is 2.90. The van der Waals surface area contributed by atoms with Crippen LogP contribution in [0.15, 0.2) is 35.6 Å². The molecule has 0 saturated carbocycles. The number of fused-ring (bicyclic) bond motifs is 3. The van der Waals surface area contributed by atoms with Crippen molar-refractivity contribution >= 4 is 36.6 Å². The van der Waals surface area contributed by atoms with Gasteiger partial charge in [0.25, 0.3) is 5.91 Å². The summed E-state index contributed by atoms with van der Waals surface area (Å²) in [6, 6.07) is 5.14. The molecule has 0 aromatic heterocycles. The Bertz CT molecular complexity index is 1540. The molecule has 1 amide bonds. The maximum Gasteiger partial charge on any atom is 0.255 e. The lowest BCUT2D eigenvalue weighted by molar-refractivity contribution is -0.134. The van der Waals surface area contributed by atoms with Gasteiger partial charge in [0.05, 0.1) is 17.0 Å². The van der Waals surface area contributed by atoms with Gasteiger partial charge in [-0.15, -0.1) is 0 Å². The fourth-order valence-electron chi connectivity index (χ4n) is 6.46. The van der Waals surface area contributed by atoms with E-state index in [1.165, 1.54) is 6.07 Å². The number of benzene rings is 2. The second-order valence-electron chi connectivity index (χ2n) is 13.4. The molecule has 5 rings (SSSR count). The molecule has 3 aliphatic rings. The van der Waals surface area contributed by atoms with Crippen LogP contribution < -0.4 is 5.73 Å². The highest BCUT2D eigenvalue weighted by molar-refractivity contribution is 6.74. The summed E-state index contributed by atoms with van der Waals surface area (Å²) in [7, 11) is -1.90. The van der Waals surface area contributed by atoms with Crippen LogP contribution >= 0.6 is 0 Å². The molecule has 6 N–H and O–H groups in total. The van der Waals surface area contributed by atoms with Gasteiger partial charge in [-0.1, -0.05) is 39.0 Å². The first-order valence-electron chi connectivity index (χ1n) is 14.6. The highest BCUT2D eigenvalue weighted by Gasteiger charge is 2.62. The number of aliphatic hydroxyl groups is 2. The van der Waals surface area contributed by atoms with Gasteiger partial charge in [-0.2, -0.15) is 0 Å². The molecular formula is C31H41N3O8Si. The van der Waals surface area contributed by atoms with Crippen molar-refractivity contribution in [1.82, 2.24) is 9.80 Å². The van der Waals surface area contributed by atoms with Crippen molar-refractivity contribution in [2.24, 2.45) is 11.7 Å². The van der Waals surface area contributed by atoms with E-state index < -0.39 is 60.4 Å². The molecule has 3 atom stereocenters. The lowest BCUT2D eigenvalue weighted by Crippen LogP contribution is -2.67. The molecule has 43 heavy (non-hydrogen) atoms. The number of rotatable bonds is 6. The standard InChI is InChI=1S/C31H41N3O8Si/c1-30(2,3)43(4,5)42-14-13-33-9-11-34(12-10-33)24-19-16-18-15-17-7-6-8-20(35)21(17)25(36)22(18)27(38)31(19,41)28(39)23(26(24)37)29(32)40/h6-8,15,19,24,35-36,39,41H,9-14,16H2,1-5H3,(H2,32,40)/t19-,24+,31-/m0/s1. The molecule has 1 saturated heterocycles. The van der Waals surface area contributed by atoms with Crippen molar-refractivity contribution in [2.45, 2.75) is 57.0 Å². The van der Waals surface area contributed by atoms with Gasteiger partial charge >= 0.3 is 0 Å². The number of ketones is 2. The maximum atomic E-state index is 14.0. The number of amides is 1. The van der Waals surface area contributed by atoms with E-state index in [0.717, 1.165) is 0 Å². The number of piperazine rings is 1. The molecule has 12 heteroatoms. The Kier molecular flexibility index (Phi) is 7.75. The van der Waals surface area contributed by atoms with Crippen LogP contribution in [0.4, 0.5) is 0 Å². The largest absolute Gasteiger partial charge is 0.508 e. The Morgan fingerprint density at radius 1 is 1.12 bits per heavy atom. The monoisotopic (exact) mass is 611 g/mol. The Balaban J connectivity index is 1.46. The van der Waals surface area contributed by atoms with Crippen molar-refractivity contribution < 1.29 is 39.2 Å². The molecule has 0 spiro atoms. The van der Waals surface area contributed by atoms with Crippen molar-refractivity contribution in [3.8, 4) is 11.5 Å². The summed E-state index contributed by atoms with van der Waals surface area (Å²) < 4.78 is 6.32. The van der Waals surface area contributed by atoms with Gasteiger partial charge in [0.15, 0.2) is 19.7 Å². The first-order chi connectivity index (χ1) is 20.0. The van der Waals surface area contributed by atoms with Gasteiger partial charge in [-0.05, 0) is 41.6 Å². The van der Waals surface area contributed by atoms with Crippen LogP contribution in [0.1, 0.15) is 36.7 Å². The average molecular weight is 612 g/mol. The van der Waals surface area contributed by atoms with Crippen molar-refractivity contribution in [2.75, 3.05) is 39.3 Å². The number of phenols is 2. The zero-order chi connectivity index (χ0) is 31.6. The summed E-state index contributed by atoms with van der Waals surface area (Å²) in [5, 5.41) is 45.1. The Labute approximate surface area is 251 Å². The lowest BCUT2D eigenvalue weighted by Gasteiger charge is -2.50. The molecule has 0 radical (unpaired) electrons. The minimum Gasteiger partial charge on any atom is -0.508 e. The summed E-state index contributed by atoms with van der Waals surface area (Å²) in [6.45, 7) is 14.3. The third-order valence-electron chi connectivity index (χ3n) is 9.97. The highest BCUT2D eigenvalue weighted by Crippen LogP contribution is 2.49. The predicted octanol–water partition coefficient (Wildman–Crippen LogP) is 2.23. The molecule has 1 aliphatic heterocycles. The molecule has 2 aromatic rings. The Morgan fingerprint density at radius 2 is 1.77 bits per heavy atom. The smallest absolute Gasteiger partial charge is 0.255 e. The molecular weight excluding hydrogens is 570 g/mol. The molecule has 11 nitrogen and oxygen atoms in total. The summed E-state index contributed by atoms with van der Waals surface area (Å²) in [5.74, 6) is -6.10. The van der Waals surface area contributed by atoms with Gasteiger partial charge < -0.3 is 30.6 Å². The van der Waals surface area contributed by atoms with Crippen molar-refractivity contribution in [1.29, 1.82) is 0 Å². The fourth-order valence-corrected chi connectivity index (χ4v) is 7.50. The van der Waals surface area contributed by atoms with E-state index in [1.54, 1.807) is 18.2 Å². The quantitative estimate of drug-likeness (QED) is 0.241. The minimum atomic E-state index is -2.68. The van der Waals surface area contributed by atoms with Crippen LogP contribution in [0, 0.1) is 5.92 Å². The lowest BCUT2D eigenvalue weighted by atomic mass is 9.61. The predicted molar refractivity (Wildman–Crippen MR) is 163 cm³/mol. The van der Waals surface area contributed by atoms with Gasteiger partial charge in [-0.25, -0.2) is 0 Å². The first kappa shape index (κ1) is 31.1. The number of aliphatic hydroxyl groups excluding tert-OH is 1. The summed E-state index contributed by atoms with van der Waals surface area (Å²) in [6.07, 6.45) is -0.0518. The normalized spacial score (nSPS) is 25.6. The summed E-state index contributed by atoms with van der Waals surface area (Å²) in [4.78, 5) is 44.3. The zero-order valence-corrected chi connectivity index (χ0v) is 26.3. The van der Waals surface area contributed by atoms with Crippen LogP contribution in [0.5, 0.6) is 11.5 Å². The van der Waals surface area contributed by atoms with Gasteiger partial charge in [-0.3, -0.25) is 24.2 Å². The number of carbonyl (C=O) groups excluding carboxylic acids is 3. The molecule has 2 aliphatic carbocycles. The van der Waals surface area contributed by atoms with Crippen molar-refractivity contribution in [3.63, 3.8) is 0 Å². The topological polar surface area (TPSA) is 174 Å². The summed E-state index contributed by atoms with van der Waals surface area (Å²) in [5.41, 5.74) is 2.11. The van der Waals surface area contributed by atoms with Crippen LogP contribution in [-0.4, -0.2) is 107 Å². The molecule has 0 bridgehead atoms. The highest BCUT2D eigenvalue weighted by atomic mass is 28.4. The van der Waals surface area contributed by atoms with Crippen LogP contribution in [-0.2, 0) is 20.4 Å². The number of nitrogens with zero attached hydrogens (tertiary/aromatic N) is 2. The number of phenolic OH excluding ortho intramolecular Hbond substituents is 2. The number of hydrogen-bond acceptors (Lipinski definition) is 10. The van der Waals surface area contributed by atoms with Gasteiger partial charge in [0.2, 0.25) is 5.78 Å². The minimum absolute atomic E-state index is 0.0207. The Hall–Kier alpha value is -3.29. The maximum absolute atomic E-state index is 14.0. The number of hydrogen-bond donors (Lipinski definition) is 5. The summed E-state index contributed by atoms with van der Waals surface area (Å²) >= 11 is 0. The number of carbonyl (C=O) groups is 3. The van der Waals surface area contributed by atoms with E-state index in [9.17, 15) is 34.8 Å². The Morgan fingerprint density at radius 3 is 2.37 bits per heavy atom. The van der Waals surface area contributed by atoms with Crippen LogP contribution in [0.25, 0.3) is 10.8 Å². The SMILES string of the molecule is CC(C)(C)[Si](C)(C)OCCN1CCN([C@H]2C(=O)C(C(N)=O)=C(O)[C@@]3(O)C(=O)c4c(cc5cccc(O)c5c4O)C[C@@H]23)CC1. The van der Waals surface area contributed by atoms with E-state index in [1.807, 2.05) is 4.90 Å².